The van der Waals surface area contributed by atoms with Crippen LogP contribution in [-0.2, 0) is 30.4 Å². The van der Waals surface area contributed by atoms with Crippen molar-refractivity contribution in [3.8, 4) is 0 Å². The number of allylic oxidation sites excluding steroid dienone is 1. The van der Waals surface area contributed by atoms with Crippen LogP contribution in [0.4, 0.5) is 4.79 Å². The van der Waals surface area contributed by atoms with E-state index >= 15 is 0 Å². The average Bonchev–Trinajstić information content (AvgIpc) is 3.51. The van der Waals surface area contributed by atoms with Gasteiger partial charge >= 0.3 is 12.1 Å². The maximum absolute atomic E-state index is 12.6. The van der Waals surface area contributed by atoms with Crippen LogP contribution < -0.4 is 16.0 Å². The molecular weight excluding hydrogens is 575 g/mol. The number of ether oxygens (including phenoxy) is 2. The first-order chi connectivity index (χ1) is 18.8. The molecule has 0 saturated carbocycles. The second-order valence-corrected chi connectivity index (χ2v) is 12.5. The first-order valence-electron chi connectivity index (χ1n) is 13.0. The molecule has 2 atom stereocenters. The number of amides is 3. The second-order valence-electron chi connectivity index (χ2n) is 10.2. The summed E-state index contributed by atoms with van der Waals surface area (Å²) in [7, 11) is 0. The highest BCUT2D eigenvalue weighted by molar-refractivity contribution is 8.14. The van der Waals surface area contributed by atoms with Gasteiger partial charge in [0.25, 0.3) is 0 Å². The summed E-state index contributed by atoms with van der Waals surface area (Å²) in [5.41, 5.74) is -0.668. The molecule has 3 N–H and O–H groups in total. The Balaban J connectivity index is 0.000000432. The zero-order chi connectivity index (χ0) is 29.8. The van der Waals surface area contributed by atoms with Gasteiger partial charge in [-0.25, -0.2) is 9.78 Å². The van der Waals surface area contributed by atoms with E-state index in [4.69, 9.17) is 9.47 Å². The molecule has 40 heavy (non-hydrogen) atoms. The molecule has 2 aliphatic rings. The van der Waals surface area contributed by atoms with Crippen LogP contribution in [0.1, 0.15) is 64.6 Å². The summed E-state index contributed by atoms with van der Waals surface area (Å²) in [5.74, 6) is -0.113. The molecule has 3 rings (SSSR count). The van der Waals surface area contributed by atoms with Crippen molar-refractivity contribution >= 4 is 64.6 Å². The minimum absolute atomic E-state index is 0.0126. The Kier molecular flexibility index (Phi) is 13.5. The molecule has 0 spiro atoms. The predicted octanol–water partition coefficient (Wildman–Crippen LogP) is 3.24. The standard InChI is InChI=1S/C18H22N4O4S3.C8H17NO2/c1-18-10-29-16(22-18)12-9-28-14(21-12)7-19-13(23)6-11(4-2-3-5-27)26-15(24)8-20-17(18)25;1-5-6-9-7(10)11-8(2,3)4/h2,4,9,11,27H,3,5-8,10H2,1H3,(H,19,23)(H,20,25);5-6H2,1-4H3,(H,9,10)/b4-2+;. The molecule has 14 heteroatoms. The molecule has 2 aliphatic heterocycles. The number of hydrogen-bond donors (Lipinski definition) is 4. The van der Waals surface area contributed by atoms with E-state index in [1.807, 2.05) is 39.2 Å². The van der Waals surface area contributed by atoms with Crippen molar-refractivity contribution in [2.75, 3.05) is 24.6 Å². The van der Waals surface area contributed by atoms with E-state index in [0.29, 0.717) is 35.2 Å². The first kappa shape index (κ1) is 33.6. The molecular formula is C26H39N5O6S3. The minimum atomic E-state index is -0.971. The summed E-state index contributed by atoms with van der Waals surface area (Å²) in [6.45, 7) is 9.93. The van der Waals surface area contributed by atoms with Gasteiger partial charge < -0.3 is 25.4 Å². The SMILES string of the molecule is CC12CSC(=N1)c1csc(n1)CNC(=O)CC(/C=C/CCS)OC(=O)CNC2=O.CCCNC(=O)OC(C)(C)C. The quantitative estimate of drug-likeness (QED) is 0.225. The largest absolute Gasteiger partial charge is 0.456 e. The lowest BCUT2D eigenvalue weighted by Crippen LogP contribution is -2.46. The highest BCUT2D eigenvalue weighted by atomic mass is 32.2. The molecule has 3 heterocycles. The van der Waals surface area contributed by atoms with E-state index in [1.54, 1.807) is 13.0 Å². The molecule has 11 nitrogen and oxygen atoms in total. The molecule has 1 aromatic rings. The fraction of sp³-hybridized carbons (Fsp3) is 0.615. The lowest BCUT2D eigenvalue weighted by atomic mass is 10.1. The monoisotopic (exact) mass is 613 g/mol. The van der Waals surface area contributed by atoms with E-state index in [-0.39, 0.29) is 37.4 Å². The number of aromatic nitrogens is 1. The number of thiol groups is 1. The lowest BCUT2D eigenvalue weighted by molar-refractivity contribution is -0.148. The van der Waals surface area contributed by atoms with Crippen LogP contribution in [0, 0.1) is 0 Å². The Bertz CT molecular complexity index is 1100. The number of carbonyl (C=O) groups excluding carboxylic acids is 4. The number of alkyl carbamates (subject to hydrolysis) is 1. The Hall–Kier alpha value is -2.58. The minimum Gasteiger partial charge on any atom is -0.456 e. The second kappa shape index (κ2) is 16.0. The van der Waals surface area contributed by atoms with Crippen LogP contribution in [-0.4, -0.2) is 75.7 Å². The van der Waals surface area contributed by atoms with Crippen molar-refractivity contribution in [1.29, 1.82) is 0 Å². The molecule has 1 aromatic heterocycles. The number of cyclic esters (lactones) is 1. The summed E-state index contributed by atoms with van der Waals surface area (Å²) in [6, 6.07) is 0. The van der Waals surface area contributed by atoms with Crippen molar-refractivity contribution in [3.05, 3.63) is 28.2 Å². The van der Waals surface area contributed by atoms with E-state index in [1.165, 1.54) is 23.1 Å². The summed E-state index contributed by atoms with van der Waals surface area (Å²) in [6.07, 6.45) is 4.04. The number of carbonyl (C=O) groups is 4. The number of rotatable bonds is 5. The van der Waals surface area contributed by atoms with Crippen molar-refractivity contribution in [3.63, 3.8) is 0 Å². The number of nitrogens with zero attached hydrogens (tertiary/aromatic N) is 2. The highest BCUT2D eigenvalue weighted by Gasteiger charge is 2.39. The van der Waals surface area contributed by atoms with Gasteiger partial charge in [0.2, 0.25) is 11.8 Å². The molecule has 0 fully saturated rings. The topological polar surface area (TPSA) is 148 Å². The normalized spacial score (nSPS) is 21.9. The van der Waals surface area contributed by atoms with E-state index in [2.05, 4.69) is 38.6 Å². The molecule has 0 aromatic carbocycles. The fourth-order valence-electron chi connectivity index (χ4n) is 3.23. The number of fused-ring (bicyclic) bond motifs is 4. The maximum Gasteiger partial charge on any atom is 0.407 e. The first-order valence-corrected chi connectivity index (χ1v) is 15.5. The van der Waals surface area contributed by atoms with Crippen LogP contribution in [0.5, 0.6) is 0 Å². The summed E-state index contributed by atoms with van der Waals surface area (Å²) in [4.78, 5) is 57.0. The summed E-state index contributed by atoms with van der Waals surface area (Å²) >= 11 is 7.00. The van der Waals surface area contributed by atoms with Crippen molar-refractivity contribution in [2.24, 2.45) is 4.99 Å². The van der Waals surface area contributed by atoms with Gasteiger partial charge in [0, 0.05) is 17.7 Å². The molecule has 2 unspecified atom stereocenters. The number of nitrogens with one attached hydrogen (secondary N) is 3. The van der Waals surface area contributed by atoms with Gasteiger partial charge in [-0.2, -0.15) is 12.6 Å². The molecule has 4 bridgehead atoms. The highest BCUT2D eigenvalue weighted by Crippen LogP contribution is 2.31. The van der Waals surface area contributed by atoms with E-state index < -0.39 is 23.2 Å². The number of hydrogen-bond acceptors (Lipinski definition) is 11. The Labute approximate surface area is 249 Å². The zero-order valence-corrected chi connectivity index (χ0v) is 26.1. The molecule has 222 valence electrons. The Morgan fingerprint density at radius 3 is 2.73 bits per heavy atom. The molecule has 3 amide bonds. The smallest absolute Gasteiger partial charge is 0.407 e. The maximum atomic E-state index is 12.6. The third-order valence-electron chi connectivity index (χ3n) is 5.16. The third kappa shape index (κ3) is 11.9. The van der Waals surface area contributed by atoms with E-state index in [9.17, 15) is 19.2 Å². The predicted molar refractivity (Wildman–Crippen MR) is 161 cm³/mol. The van der Waals surface area contributed by atoms with Crippen LogP contribution in [0.15, 0.2) is 22.5 Å². The Morgan fingerprint density at radius 2 is 2.05 bits per heavy atom. The van der Waals surface area contributed by atoms with Crippen molar-refractivity contribution in [1.82, 2.24) is 20.9 Å². The number of thioether (sulfide) groups is 1. The van der Waals surface area contributed by atoms with Gasteiger partial charge in [-0.1, -0.05) is 13.0 Å². The van der Waals surface area contributed by atoms with Gasteiger partial charge in [0.05, 0.1) is 13.0 Å². The third-order valence-corrected chi connectivity index (χ3v) is 7.55. The van der Waals surface area contributed by atoms with Crippen LogP contribution in [0.2, 0.25) is 0 Å². The average molecular weight is 614 g/mol. The lowest BCUT2D eigenvalue weighted by Gasteiger charge is -2.19. The number of thiazole rings is 1. The Morgan fingerprint density at radius 1 is 1.30 bits per heavy atom. The fourth-order valence-corrected chi connectivity index (χ4v) is 5.30. The van der Waals surface area contributed by atoms with Gasteiger partial charge in [0.1, 0.15) is 39.5 Å². The van der Waals surface area contributed by atoms with Gasteiger partial charge in [-0.05, 0) is 52.4 Å². The van der Waals surface area contributed by atoms with Crippen molar-refractivity contribution < 1.29 is 28.7 Å². The molecule has 0 saturated heterocycles. The molecule has 0 radical (unpaired) electrons. The number of esters is 1. The van der Waals surface area contributed by atoms with Crippen LogP contribution >= 0.6 is 35.7 Å². The van der Waals surface area contributed by atoms with Crippen LogP contribution in [0.25, 0.3) is 0 Å². The van der Waals surface area contributed by atoms with E-state index in [0.717, 1.165) is 11.4 Å². The summed E-state index contributed by atoms with van der Waals surface area (Å²) < 4.78 is 10.4. The zero-order valence-electron chi connectivity index (χ0n) is 23.6. The number of aliphatic imine (C=N–C) groups is 1. The summed E-state index contributed by atoms with van der Waals surface area (Å²) in [5, 5.41) is 11.3. The van der Waals surface area contributed by atoms with Gasteiger partial charge in [0.15, 0.2) is 0 Å². The van der Waals surface area contributed by atoms with Crippen molar-refractivity contribution in [2.45, 2.75) is 77.7 Å². The van der Waals surface area contributed by atoms with Crippen LogP contribution in [0.3, 0.4) is 0 Å². The van der Waals surface area contributed by atoms with Gasteiger partial charge in [-0.15, -0.1) is 23.1 Å². The van der Waals surface area contributed by atoms with Gasteiger partial charge in [-0.3, -0.25) is 19.4 Å². The molecule has 0 aliphatic carbocycles.